The normalized spacial score (nSPS) is 10.8. The summed E-state index contributed by atoms with van der Waals surface area (Å²) in [6.07, 6.45) is 1.93. The molecule has 2 N–H and O–H groups in total. The van der Waals surface area contributed by atoms with Crippen LogP contribution in [0.1, 0.15) is 0 Å². The molecule has 0 atom stereocenters. The number of benzene rings is 1. The lowest BCUT2D eigenvalue weighted by molar-refractivity contribution is 1.13. The van der Waals surface area contributed by atoms with Crippen LogP contribution in [0.5, 0.6) is 0 Å². The standard InChI is InChI=1S/C15H16N4/c1-18(2)12-8-6-11(7-9-12)14-15(16)19-10-4-3-5-13(19)17-14/h3-10H,16H2,1-2H3. The van der Waals surface area contributed by atoms with Crippen molar-refractivity contribution in [2.45, 2.75) is 0 Å². The van der Waals surface area contributed by atoms with Crippen LogP contribution in [0.2, 0.25) is 0 Å². The van der Waals surface area contributed by atoms with Crippen LogP contribution >= 0.6 is 0 Å². The molecule has 0 fully saturated rings. The number of nitrogens with two attached hydrogens (primary N) is 1. The van der Waals surface area contributed by atoms with Crippen LogP contribution in [0.4, 0.5) is 11.5 Å². The number of aromatic nitrogens is 2. The first-order valence-electron chi connectivity index (χ1n) is 6.17. The number of pyridine rings is 1. The first-order valence-corrected chi connectivity index (χ1v) is 6.17. The van der Waals surface area contributed by atoms with Gasteiger partial charge in [-0.25, -0.2) is 4.98 Å². The lowest BCUT2D eigenvalue weighted by Gasteiger charge is -2.12. The number of anilines is 2. The van der Waals surface area contributed by atoms with Crippen molar-refractivity contribution in [3.05, 3.63) is 48.7 Å². The van der Waals surface area contributed by atoms with Gasteiger partial charge in [0.05, 0.1) is 0 Å². The molecule has 96 valence electrons. The topological polar surface area (TPSA) is 46.6 Å². The minimum atomic E-state index is 0.674. The zero-order valence-electron chi connectivity index (χ0n) is 11.0. The molecule has 1 aromatic carbocycles. The number of fused-ring (bicyclic) bond motifs is 1. The van der Waals surface area contributed by atoms with Crippen LogP contribution < -0.4 is 10.6 Å². The number of hydrogen-bond donors (Lipinski definition) is 1. The quantitative estimate of drug-likeness (QED) is 0.762. The maximum atomic E-state index is 6.16. The average Bonchev–Trinajstić information content (AvgIpc) is 2.77. The molecule has 3 aromatic rings. The molecule has 3 rings (SSSR count). The summed E-state index contributed by atoms with van der Waals surface area (Å²) in [4.78, 5) is 6.65. The lowest BCUT2D eigenvalue weighted by atomic mass is 10.1. The van der Waals surface area contributed by atoms with Crippen molar-refractivity contribution in [2.24, 2.45) is 0 Å². The third kappa shape index (κ3) is 1.91. The fraction of sp³-hybridized carbons (Fsp3) is 0.133. The molecule has 0 aliphatic carbocycles. The smallest absolute Gasteiger partial charge is 0.139 e. The molecule has 4 nitrogen and oxygen atoms in total. The highest BCUT2D eigenvalue weighted by atomic mass is 15.1. The molecule has 0 spiro atoms. The molecule has 0 amide bonds. The Hall–Kier alpha value is -2.49. The Bertz CT molecular complexity index is 711. The van der Waals surface area contributed by atoms with E-state index in [1.54, 1.807) is 0 Å². The second-order valence-corrected chi connectivity index (χ2v) is 4.72. The van der Waals surface area contributed by atoms with Crippen molar-refractivity contribution in [1.29, 1.82) is 0 Å². The van der Waals surface area contributed by atoms with Crippen LogP contribution in [0.3, 0.4) is 0 Å². The summed E-state index contributed by atoms with van der Waals surface area (Å²) in [5.41, 5.74) is 10.0. The van der Waals surface area contributed by atoms with E-state index in [0.717, 1.165) is 22.6 Å². The number of nitrogens with zero attached hydrogens (tertiary/aromatic N) is 3. The summed E-state index contributed by atoms with van der Waals surface area (Å²) in [6, 6.07) is 14.1. The van der Waals surface area contributed by atoms with Crippen molar-refractivity contribution in [1.82, 2.24) is 9.38 Å². The van der Waals surface area contributed by atoms with E-state index >= 15 is 0 Å². The molecule has 19 heavy (non-hydrogen) atoms. The van der Waals surface area contributed by atoms with E-state index in [2.05, 4.69) is 22.0 Å². The summed E-state index contributed by atoms with van der Waals surface area (Å²) in [5.74, 6) is 0.674. The van der Waals surface area contributed by atoms with Crippen LogP contribution in [-0.2, 0) is 0 Å². The molecule has 0 saturated heterocycles. The number of nitrogen functional groups attached to an aromatic ring is 1. The lowest BCUT2D eigenvalue weighted by Crippen LogP contribution is -2.07. The molecule has 2 aromatic heterocycles. The van der Waals surface area contributed by atoms with Crippen LogP contribution in [0.15, 0.2) is 48.7 Å². The summed E-state index contributed by atoms with van der Waals surface area (Å²) >= 11 is 0. The van der Waals surface area contributed by atoms with E-state index < -0.39 is 0 Å². The summed E-state index contributed by atoms with van der Waals surface area (Å²) in [5, 5.41) is 0. The largest absolute Gasteiger partial charge is 0.383 e. The highest BCUT2D eigenvalue weighted by Gasteiger charge is 2.10. The van der Waals surface area contributed by atoms with Crippen LogP contribution in [-0.4, -0.2) is 23.5 Å². The second kappa shape index (κ2) is 4.31. The predicted octanol–water partition coefficient (Wildman–Crippen LogP) is 2.65. The van der Waals surface area contributed by atoms with Gasteiger partial charge >= 0.3 is 0 Å². The fourth-order valence-electron chi connectivity index (χ4n) is 2.14. The molecule has 0 bridgehead atoms. The van der Waals surface area contributed by atoms with E-state index in [4.69, 9.17) is 5.73 Å². The Labute approximate surface area is 112 Å². The molecule has 0 aliphatic rings. The molecule has 0 aliphatic heterocycles. The Morgan fingerprint density at radius 2 is 1.79 bits per heavy atom. The van der Waals surface area contributed by atoms with Crippen molar-refractivity contribution in [3.63, 3.8) is 0 Å². The van der Waals surface area contributed by atoms with Crippen molar-refractivity contribution >= 4 is 17.2 Å². The zero-order valence-corrected chi connectivity index (χ0v) is 11.0. The van der Waals surface area contributed by atoms with Gasteiger partial charge < -0.3 is 10.6 Å². The minimum absolute atomic E-state index is 0.674. The monoisotopic (exact) mass is 252 g/mol. The van der Waals surface area contributed by atoms with Gasteiger partial charge in [0.2, 0.25) is 0 Å². The highest BCUT2D eigenvalue weighted by molar-refractivity contribution is 5.75. The van der Waals surface area contributed by atoms with E-state index in [-0.39, 0.29) is 0 Å². The summed E-state index contributed by atoms with van der Waals surface area (Å²) in [6.45, 7) is 0. The van der Waals surface area contributed by atoms with Crippen molar-refractivity contribution in [3.8, 4) is 11.3 Å². The summed E-state index contributed by atoms with van der Waals surface area (Å²) in [7, 11) is 4.04. The van der Waals surface area contributed by atoms with Crippen LogP contribution in [0.25, 0.3) is 16.9 Å². The van der Waals surface area contributed by atoms with E-state index in [0.29, 0.717) is 5.82 Å². The van der Waals surface area contributed by atoms with E-state index in [9.17, 15) is 0 Å². The summed E-state index contributed by atoms with van der Waals surface area (Å²) < 4.78 is 1.90. The van der Waals surface area contributed by atoms with Gasteiger partial charge in [-0.2, -0.15) is 0 Å². The third-order valence-corrected chi connectivity index (χ3v) is 3.22. The molecular formula is C15H16N4. The fourth-order valence-corrected chi connectivity index (χ4v) is 2.14. The number of rotatable bonds is 2. The van der Waals surface area contributed by atoms with E-state index in [1.807, 2.05) is 55.0 Å². The first-order chi connectivity index (χ1) is 9.16. The Kier molecular flexibility index (Phi) is 2.63. The van der Waals surface area contributed by atoms with E-state index in [1.165, 1.54) is 0 Å². The molecule has 0 unspecified atom stereocenters. The first kappa shape index (κ1) is 11.6. The maximum Gasteiger partial charge on any atom is 0.139 e. The molecule has 0 saturated carbocycles. The van der Waals surface area contributed by atoms with Gasteiger partial charge in [0, 0.05) is 31.5 Å². The van der Waals surface area contributed by atoms with Gasteiger partial charge in [-0.15, -0.1) is 0 Å². The molecular weight excluding hydrogens is 236 g/mol. The zero-order chi connectivity index (χ0) is 13.4. The third-order valence-electron chi connectivity index (χ3n) is 3.22. The Morgan fingerprint density at radius 3 is 2.42 bits per heavy atom. The molecule has 0 radical (unpaired) electrons. The van der Waals surface area contributed by atoms with Crippen molar-refractivity contribution in [2.75, 3.05) is 24.7 Å². The van der Waals surface area contributed by atoms with Gasteiger partial charge in [0.1, 0.15) is 17.2 Å². The minimum Gasteiger partial charge on any atom is -0.383 e. The van der Waals surface area contributed by atoms with Gasteiger partial charge in [-0.1, -0.05) is 18.2 Å². The number of imidazole rings is 1. The molecule has 2 heterocycles. The number of hydrogen-bond acceptors (Lipinski definition) is 3. The average molecular weight is 252 g/mol. The second-order valence-electron chi connectivity index (χ2n) is 4.72. The SMILES string of the molecule is CN(C)c1ccc(-c2nc3ccccn3c2N)cc1. The van der Waals surface area contributed by atoms with Gasteiger partial charge in [-0.3, -0.25) is 4.40 Å². The van der Waals surface area contributed by atoms with Gasteiger partial charge in [-0.05, 0) is 24.3 Å². The van der Waals surface area contributed by atoms with Crippen molar-refractivity contribution < 1.29 is 0 Å². The maximum absolute atomic E-state index is 6.16. The predicted molar refractivity (Wildman–Crippen MR) is 79.4 cm³/mol. The van der Waals surface area contributed by atoms with Gasteiger partial charge in [0.15, 0.2) is 0 Å². The van der Waals surface area contributed by atoms with Gasteiger partial charge in [0.25, 0.3) is 0 Å². The molecule has 4 heteroatoms. The highest BCUT2D eigenvalue weighted by Crippen LogP contribution is 2.27. The Balaban J connectivity index is 2.11. The Morgan fingerprint density at radius 1 is 1.05 bits per heavy atom. The van der Waals surface area contributed by atoms with Crippen LogP contribution in [0, 0.1) is 0 Å².